The summed E-state index contributed by atoms with van der Waals surface area (Å²) in [5.74, 6) is -1.63. The van der Waals surface area contributed by atoms with E-state index < -0.39 is 34.0 Å². The number of carbonyl (C=O) groups is 3. The maximum Gasteiger partial charge on any atom is 0.338 e. The number of sulfonamides is 1. The standard InChI is InChI=1S/C20H29N3O7S/c1-13(18(24)22-20(26)21-15-8-6-5-7-9-15)30-19(25)14-10-11-16(29-4)17(12-14)31(27,28)23(2)3/h10-13,15H,5-9H2,1-4H3,(H2,21,22,24,26). The molecule has 2 N–H and O–H groups in total. The Morgan fingerprint density at radius 3 is 2.35 bits per heavy atom. The van der Waals surface area contributed by atoms with E-state index in [4.69, 9.17) is 9.47 Å². The van der Waals surface area contributed by atoms with Gasteiger partial charge < -0.3 is 14.8 Å². The van der Waals surface area contributed by atoms with E-state index in [1.807, 2.05) is 0 Å². The molecule has 10 nitrogen and oxygen atoms in total. The van der Waals surface area contributed by atoms with Crippen LogP contribution in [-0.2, 0) is 19.6 Å². The number of hydrogen-bond donors (Lipinski definition) is 2. The lowest BCUT2D eigenvalue weighted by Gasteiger charge is -2.23. The summed E-state index contributed by atoms with van der Waals surface area (Å²) >= 11 is 0. The number of benzene rings is 1. The van der Waals surface area contributed by atoms with Gasteiger partial charge in [-0.05, 0) is 38.0 Å². The summed E-state index contributed by atoms with van der Waals surface area (Å²) in [5.41, 5.74) is -0.0764. The molecule has 1 fully saturated rings. The van der Waals surface area contributed by atoms with Crippen LogP contribution in [0.3, 0.4) is 0 Å². The van der Waals surface area contributed by atoms with Gasteiger partial charge in [-0.3, -0.25) is 10.1 Å². The molecule has 172 valence electrons. The highest BCUT2D eigenvalue weighted by Gasteiger charge is 2.26. The van der Waals surface area contributed by atoms with Crippen molar-refractivity contribution in [2.45, 2.75) is 56.1 Å². The summed E-state index contributed by atoms with van der Waals surface area (Å²) in [5, 5.41) is 4.90. The van der Waals surface area contributed by atoms with Crippen molar-refractivity contribution in [1.82, 2.24) is 14.9 Å². The monoisotopic (exact) mass is 455 g/mol. The Balaban J connectivity index is 2.03. The number of urea groups is 1. The molecule has 3 amide bonds. The topological polar surface area (TPSA) is 131 Å². The lowest BCUT2D eigenvalue weighted by molar-refractivity contribution is -0.127. The first-order chi connectivity index (χ1) is 14.6. The molecule has 1 aromatic carbocycles. The van der Waals surface area contributed by atoms with E-state index in [2.05, 4.69) is 10.6 Å². The third kappa shape index (κ3) is 6.41. The summed E-state index contributed by atoms with van der Waals surface area (Å²) in [4.78, 5) is 36.5. The molecule has 1 saturated carbocycles. The van der Waals surface area contributed by atoms with Crippen molar-refractivity contribution in [2.75, 3.05) is 21.2 Å². The van der Waals surface area contributed by atoms with Gasteiger partial charge in [0.2, 0.25) is 10.0 Å². The summed E-state index contributed by atoms with van der Waals surface area (Å²) in [6.45, 7) is 1.32. The molecule has 1 aliphatic carbocycles. The van der Waals surface area contributed by atoms with Gasteiger partial charge in [-0.1, -0.05) is 19.3 Å². The zero-order valence-electron chi connectivity index (χ0n) is 18.1. The second-order valence-corrected chi connectivity index (χ2v) is 9.62. The van der Waals surface area contributed by atoms with Crippen LogP contribution in [0.25, 0.3) is 0 Å². The van der Waals surface area contributed by atoms with Crippen molar-refractivity contribution in [3.63, 3.8) is 0 Å². The van der Waals surface area contributed by atoms with Gasteiger partial charge in [0.1, 0.15) is 10.6 Å². The molecule has 0 bridgehead atoms. The molecule has 0 heterocycles. The first-order valence-electron chi connectivity index (χ1n) is 9.99. The van der Waals surface area contributed by atoms with Crippen LogP contribution in [0, 0.1) is 0 Å². The van der Waals surface area contributed by atoms with Crippen LogP contribution in [0.4, 0.5) is 4.79 Å². The van der Waals surface area contributed by atoms with E-state index in [1.54, 1.807) is 0 Å². The minimum atomic E-state index is -3.88. The van der Waals surface area contributed by atoms with Gasteiger partial charge in [0.05, 0.1) is 12.7 Å². The van der Waals surface area contributed by atoms with Crippen molar-refractivity contribution in [3.8, 4) is 5.75 Å². The molecular formula is C20H29N3O7S. The minimum absolute atomic E-state index is 0.0239. The van der Waals surface area contributed by atoms with Crippen molar-refractivity contribution >= 4 is 27.9 Å². The molecule has 1 aliphatic rings. The van der Waals surface area contributed by atoms with Gasteiger partial charge in [0, 0.05) is 20.1 Å². The minimum Gasteiger partial charge on any atom is -0.495 e. The molecule has 1 atom stereocenters. The zero-order chi connectivity index (χ0) is 23.2. The van der Waals surface area contributed by atoms with Gasteiger partial charge in [0.15, 0.2) is 6.10 Å². The second-order valence-electron chi connectivity index (χ2n) is 7.50. The van der Waals surface area contributed by atoms with Crippen LogP contribution in [0.15, 0.2) is 23.1 Å². The molecule has 2 rings (SSSR count). The molecule has 0 saturated heterocycles. The molecule has 0 spiro atoms. The number of ether oxygens (including phenoxy) is 2. The number of carbonyl (C=O) groups excluding carboxylic acids is 3. The van der Waals surface area contributed by atoms with Crippen LogP contribution >= 0.6 is 0 Å². The fraction of sp³-hybridized carbons (Fsp3) is 0.550. The Hall–Kier alpha value is -2.66. The first-order valence-corrected chi connectivity index (χ1v) is 11.4. The van der Waals surface area contributed by atoms with Crippen LogP contribution < -0.4 is 15.4 Å². The molecule has 0 aliphatic heterocycles. The number of amides is 3. The molecule has 0 aromatic heterocycles. The summed E-state index contributed by atoms with van der Waals surface area (Å²) < 4.78 is 36.1. The van der Waals surface area contributed by atoms with Crippen molar-refractivity contribution < 1.29 is 32.3 Å². The number of methoxy groups -OCH3 is 1. The van der Waals surface area contributed by atoms with Crippen molar-refractivity contribution in [3.05, 3.63) is 23.8 Å². The van der Waals surface area contributed by atoms with E-state index in [-0.39, 0.29) is 22.3 Å². The van der Waals surface area contributed by atoms with E-state index in [1.165, 1.54) is 40.3 Å². The number of rotatable bonds is 7. The van der Waals surface area contributed by atoms with Gasteiger partial charge in [-0.25, -0.2) is 22.3 Å². The Bertz CT molecular complexity index is 925. The van der Waals surface area contributed by atoms with Gasteiger partial charge in [-0.2, -0.15) is 0 Å². The average Bonchev–Trinajstić information content (AvgIpc) is 2.73. The molecule has 1 unspecified atom stereocenters. The Kier molecular flexibility index (Phi) is 8.40. The summed E-state index contributed by atoms with van der Waals surface area (Å²) in [7, 11) is 0.134. The predicted octanol–water partition coefficient (Wildman–Crippen LogP) is 1.65. The molecule has 1 aromatic rings. The number of imide groups is 1. The third-order valence-electron chi connectivity index (χ3n) is 4.99. The van der Waals surface area contributed by atoms with Gasteiger partial charge >= 0.3 is 12.0 Å². The Morgan fingerprint density at radius 1 is 1.13 bits per heavy atom. The second kappa shape index (κ2) is 10.6. The van der Waals surface area contributed by atoms with Crippen molar-refractivity contribution in [1.29, 1.82) is 0 Å². The molecular weight excluding hydrogens is 426 g/mol. The van der Waals surface area contributed by atoms with Crippen LogP contribution in [-0.4, -0.2) is 64.0 Å². The summed E-state index contributed by atoms with van der Waals surface area (Å²) in [6.07, 6.45) is 3.65. The number of hydrogen-bond acceptors (Lipinski definition) is 7. The highest BCUT2D eigenvalue weighted by atomic mass is 32.2. The van der Waals surface area contributed by atoms with Gasteiger partial charge in [-0.15, -0.1) is 0 Å². The Morgan fingerprint density at radius 2 is 1.77 bits per heavy atom. The molecule has 11 heteroatoms. The fourth-order valence-corrected chi connectivity index (χ4v) is 4.24. The highest BCUT2D eigenvalue weighted by molar-refractivity contribution is 7.89. The molecule has 31 heavy (non-hydrogen) atoms. The normalized spacial score (nSPS) is 15.8. The SMILES string of the molecule is COc1ccc(C(=O)OC(C)C(=O)NC(=O)NC2CCCCC2)cc1S(=O)(=O)N(C)C. The van der Waals surface area contributed by atoms with Crippen LogP contribution in [0.2, 0.25) is 0 Å². The lowest BCUT2D eigenvalue weighted by Crippen LogP contribution is -2.48. The van der Waals surface area contributed by atoms with Crippen LogP contribution in [0.1, 0.15) is 49.4 Å². The Labute approximate surface area is 182 Å². The smallest absolute Gasteiger partial charge is 0.338 e. The van der Waals surface area contributed by atoms with E-state index >= 15 is 0 Å². The zero-order valence-corrected chi connectivity index (χ0v) is 19.0. The van der Waals surface area contributed by atoms with E-state index in [9.17, 15) is 22.8 Å². The number of esters is 1. The van der Waals surface area contributed by atoms with E-state index in [0.29, 0.717) is 0 Å². The van der Waals surface area contributed by atoms with Crippen molar-refractivity contribution in [2.24, 2.45) is 0 Å². The highest BCUT2D eigenvalue weighted by Crippen LogP contribution is 2.27. The maximum atomic E-state index is 12.5. The van der Waals surface area contributed by atoms with Crippen LogP contribution in [0.5, 0.6) is 5.75 Å². The predicted molar refractivity (Wildman–Crippen MR) is 112 cm³/mol. The molecule has 0 radical (unpaired) electrons. The number of nitrogens with one attached hydrogen (secondary N) is 2. The summed E-state index contributed by atoms with van der Waals surface area (Å²) in [6, 6.07) is 3.17. The maximum absolute atomic E-state index is 12.5. The van der Waals surface area contributed by atoms with Gasteiger partial charge in [0.25, 0.3) is 5.91 Å². The number of nitrogens with zero attached hydrogens (tertiary/aromatic N) is 1. The largest absolute Gasteiger partial charge is 0.495 e. The quantitative estimate of drug-likeness (QED) is 0.598. The first kappa shape index (κ1) is 24.6. The fourth-order valence-electron chi connectivity index (χ4n) is 3.17. The average molecular weight is 456 g/mol. The third-order valence-corrected chi connectivity index (χ3v) is 6.82. The van der Waals surface area contributed by atoms with E-state index in [0.717, 1.165) is 42.5 Å². The lowest BCUT2D eigenvalue weighted by atomic mass is 9.96.